The van der Waals surface area contributed by atoms with Crippen molar-refractivity contribution in [1.29, 1.82) is 0 Å². The second-order valence-corrected chi connectivity index (χ2v) is 8.46. The number of carbonyl (C=O) groups excluding carboxylic acids is 1. The van der Waals surface area contributed by atoms with Crippen LogP contribution in [0.3, 0.4) is 0 Å². The largest absolute Gasteiger partial charge is 0.449 e. The fraction of sp³-hybridized carbons (Fsp3) is 0.400. The molecule has 0 aromatic heterocycles. The lowest BCUT2D eigenvalue weighted by molar-refractivity contribution is -0.165. The van der Waals surface area contributed by atoms with Crippen LogP contribution in [0.25, 0.3) is 0 Å². The zero-order chi connectivity index (χ0) is 20.4. The molecule has 1 aliphatic heterocycles. The summed E-state index contributed by atoms with van der Waals surface area (Å²) in [5, 5.41) is 2.81. The molecule has 0 spiro atoms. The van der Waals surface area contributed by atoms with Crippen LogP contribution in [-0.4, -0.2) is 19.3 Å². The lowest BCUT2D eigenvalue weighted by Gasteiger charge is -2.55. The van der Waals surface area contributed by atoms with Crippen LogP contribution in [0.1, 0.15) is 32.4 Å². The molecule has 2 aromatic rings. The van der Waals surface area contributed by atoms with Gasteiger partial charge >= 0.3 is 6.09 Å². The molecule has 2 aliphatic rings. The summed E-state index contributed by atoms with van der Waals surface area (Å²) >= 11 is 0. The van der Waals surface area contributed by atoms with Gasteiger partial charge < -0.3 is 9.47 Å². The van der Waals surface area contributed by atoms with E-state index in [0.717, 1.165) is 5.69 Å². The van der Waals surface area contributed by atoms with Crippen molar-refractivity contribution >= 4 is 11.8 Å². The number of carbonyl (C=O) groups is 1. The third-order valence-corrected chi connectivity index (χ3v) is 6.87. The van der Waals surface area contributed by atoms with Crippen LogP contribution in [-0.2, 0) is 9.47 Å². The molecule has 0 unspecified atom stereocenters. The van der Waals surface area contributed by atoms with E-state index in [2.05, 4.69) is 56.4 Å². The first-order chi connectivity index (χ1) is 14.0. The number of amides is 1. The predicted octanol–water partition coefficient (Wildman–Crippen LogP) is 5.84. The zero-order valence-electron chi connectivity index (χ0n) is 17.3. The summed E-state index contributed by atoms with van der Waals surface area (Å²) in [6.45, 7) is 7.62. The van der Waals surface area contributed by atoms with Crippen LogP contribution in [0.4, 0.5) is 10.5 Å². The Kier molecular flexibility index (Phi) is 5.46. The molecular formula is C25H29NO3. The molecule has 4 nitrogen and oxygen atoms in total. The lowest BCUT2D eigenvalue weighted by atomic mass is 9.56. The highest BCUT2D eigenvalue weighted by atomic mass is 16.6. The number of nitrogens with one attached hydrogen (secondary N) is 1. The third kappa shape index (κ3) is 3.69. The lowest BCUT2D eigenvalue weighted by Crippen LogP contribution is -2.54. The molecule has 152 valence electrons. The maximum Gasteiger partial charge on any atom is 0.411 e. The Hall–Kier alpha value is -2.59. The summed E-state index contributed by atoms with van der Waals surface area (Å²) in [5.74, 6) is 0.893. The van der Waals surface area contributed by atoms with Crippen LogP contribution in [0, 0.1) is 23.2 Å². The van der Waals surface area contributed by atoms with Crippen molar-refractivity contribution in [3.63, 3.8) is 0 Å². The van der Waals surface area contributed by atoms with Gasteiger partial charge in [0.2, 0.25) is 0 Å². The van der Waals surface area contributed by atoms with E-state index in [1.807, 2.05) is 36.4 Å². The van der Waals surface area contributed by atoms with E-state index in [1.54, 1.807) is 0 Å². The van der Waals surface area contributed by atoms with E-state index in [-0.39, 0.29) is 23.4 Å². The van der Waals surface area contributed by atoms with Gasteiger partial charge in [-0.25, -0.2) is 4.79 Å². The van der Waals surface area contributed by atoms with Crippen molar-refractivity contribution < 1.29 is 14.3 Å². The van der Waals surface area contributed by atoms with Crippen LogP contribution < -0.4 is 5.32 Å². The maximum atomic E-state index is 12.4. The van der Waals surface area contributed by atoms with E-state index < -0.39 is 6.09 Å². The van der Waals surface area contributed by atoms with Crippen molar-refractivity contribution in [3.8, 4) is 0 Å². The second kappa shape index (κ2) is 8.03. The number of anilines is 1. The molecule has 0 saturated carbocycles. The minimum atomic E-state index is -0.419. The normalized spacial score (nSPS) is 30.9. The summed E-state index contributed by atoms with van der Waals surface area (Å²) in [7, 11) is 0. The van der Waals surface area contributed by atoms with E-state index >= 15 is 0 Å². The van der Waals surface area contributed by atoms with Crippen molar-refractivity contribution in [2.45, 2.75) is 26.9 Å². The predicted molar refractivity (Wildman–Crippen MR) is 115 cm³/mol. The standard InChI is InChI=1S/C25H29NO3/c1-17-14-18(2)25(16-29-24(27)26-21-12-8-5-9-13-21)15-28-23(22(17)19(25)3)20-10-6-4-7-11-20/h4-14,18-19,22-23H,15-16H2,1-3H3,(H,26,27)/t18-,19-,22+,23+,25-/m0/s1. The highest BCUT2D eigenvalue weighted by Crippen LogP contribution is 2.56. The van der Waals surface area contributed by atoms with Gasteiger partial charge in [0.1, 0.15) is 6.61 Å². The number of benzene rings is 2. The summed E-state index contributed by atoms with van der Waals surface area (Å²) in [4.78, 5) is 12.4. The number of allylic oxidation sites excluding steroid dienone is 1. The Morgan fingerprint density at radius 1 is 1.10 bits per heavy atom. The highest BCUT2D eigenvalue weighted by Gasteiger charge is 2.54. The van der Waals surface area contributed by atoms with Gasteiger partial charge in [0, 0.05) is 17.0 Å². The second-order valence-electron chi connectivity index (χ2n) is 8.46. The molecule has 0 radical (unpaired) electrons. The number of para-hydroxylation sites is 1. The van der Waals surface area contributed by atoms with E-state index in [1.165, 1.54) is 11.1 Å². The Morgan fingerprint density at radius 3 is 2.45 bits per heavy atom. The monoisotopic (exact) mass is 391 g/mol. The van der Waals surface area contributed by atoms with Gasteiger partial charge in [-0.2, -0.15) is 0 Å². The van der Waals surface area contributed by atoms with Crippen molar-refractivity contribution in [1.82, 2.24) is 0 Å². The van der Waals surface area contributed by atoms with Crippen LogP contribution in [0.15, 0.2) is 72.3 Å². The topological polar surface area (TPSA) is 47.6 Å². The van der Waals surface area contributed by atoms with E-state index in [9.17, 15) is 4.79 Å². The van der Waals surface area contributed by atoms with Gasteiger partial charge in [0.05, 0.1) is 12.7 Å². The molecule has 1 saturated heterocycles. The van der Waals surface area contributed by atoms with Gasteiger partial charge in [0.15, 0.2) is 0 Å². The van der Waals surface area contributed by atoms with Crippen LogP contribution in [0.2, 0.25) is 0 Å². The van der Waals surface area contributed by atoms with Crippen LogP contribution >= 0.6 is 0 Å². The van der Waals surface area contributed by atoms with Gasteiger partial charge in [0.25, 0.3) is 0 Å². The Balaban J connectivity index is 1.52. The maximum absolute atomic E-state index is 12.4. The number of ether oxygens (including phenoxy) is 2. The smallest absolute Gasteiger partial charge is 0.411 e. The quantitative estimate of drug-likeness (QED) is 0.666. The molecule has 1 fully saturated rings. The Bertz CT molecular complexity index is 879. The molecule has 1 aliphatic carbocycles. The average molecular weight is 392 g/mol. The van der Waals surface area contributed by atoms with E-state index in [4.69, 9.17) is 9.47 Å². The molecule has 2 aromatic carbocycles. The minimum Gasteiger partial charge on any atom is -0.449 e. The van der Waals surface area contributed by atoms with Crippen molar-refractivity contribution in [2.75, 3.05) is 18.5 Å². The summed E-state index contributed by atoms with van der Waals surface area (Å²) < 4.78 is 12.2. The molecule has 4 rings (SSSR count). The van der Waals surface area contributed by atoms with Gasteiger partial charge in [-0.3, -0.25) is 5.32 Å². The first-order valence-electron chi connectivity index (χ1n) is 10.3. The molecule has 2 bridgehead atoms. The fourth-order valence-electron chi connectivity index (χ4n) is 5.08. The van der Waals surface area contributed by atoms with Crippen molar-refractivity contribution in [3.05, 3.63) is 77.9 Å². The Morgan fingerprint density at radius 2 is 1.76 bits per heavy atom. The summed E-state index contributed by atoms with van der Waals surface area (Å²) in [5.41, 5.74) is 3.09. The van der Waals surface area contributed by atoms with Gasteiger partial charge in [-0.15, -0.1) is 0 Å². The number of rotatable bonds is 4. The van der Waals surface area contributed by atoms with Gasteiger partial charge in [-0.1, -0.05) is 74.0 Å². The summed E-state index contributed by atoms with van der Waals surface area (Å²) in [6.07, 6.45) is 1.97. The highest BCUT2D eigenvalue weighted by molar-refractivity contribution is 5.84. The molecule has 1 amide bonds. The molecule has 4 heteroatoms. The van der Waals surface area contributed by atoms with E-state index in [0.29, 0.717) is 19.1 Å². The number of hydrogen-bond donors (Lipinski definition) is 1. The first-order valence-corrected chi connectivity index (χ1v) is 10.3. The number of fused-ring (bicyclic) bond motifs is 2. The minimum absolute atomic E-state index is 0.0428. The van der Waals surface area contributed by atoms with Crippen molar-refractivity contribution in [2.24, 2.45) is 23.2 Å². The van der Waals surface area contributed by atoms with Gasteiger partial charge in [-0.05, 0) is 36.5 Å². The average Bonchev–Trinajstić information content (AvgIpc) is 2.73. The number of hydrogen-bond acceptors (Lipinski definition) is 3. The zero-order valence-corrected chi connectivity index (χ0v) is 17.3. The van der Waals surface area contributed by atoms with Crippen LogP contribution in [0.5, 0.6) is 0 Å². The Labute approximate surface area is 172 Å². The SMILES string of the molecule is CC1=C[C@H](C)[C@@]2(COC(=O)Nc3ccccc3)CO[C@H](c3ccccc3)[C@H]1[C@@H]2C. The molecule has 1 heterocycles. The molecule has 1 N–H and O–H groups in total. The third-order valence-electron chi connectivity index (χ3n) is 6.87. The fourth-order valence-corrected chi connectivity index (χ4v) is 5.08. The molecule has 5 atom stereocenters. The first kappa shape index (κ1) is 19.7. The molecular weight excluding hydrogens is 362 g/mol. The molecule has 29 heavy (non-hydrogen) atoms. The summed E-state index contributed by atoms with van der Waals surface area (Å²) in [6, 6.07) is 19.8.